The van der Waals surface area contributed by atoms with Crippen molar-refractivity contribution in [1.29, 1.82) is 0 Å². The summed E-state index contributed by atoms with van der Waals surface area (Å²) in [5, 5.41) is 11.6. The number of nitrogens with one attached hydrogen (secondary N) is 1. The molecule has 0 saturated heterocycles. The van der Waals surface area contributed by atoms with E-state index in [1.54, 1.807) is 11.8 Å². The molecule has 0 aliphatic heterocycles. The van der Waals surface area contributed by atoms with Crippen LogP contribution in [0.4, 0.5) is 5.13 Å². The van der Waals surface area contributed by atoms with Gasteiger partial charge in [-0.3, -0.25) is 10.1 Å². The highest BCUT2D eigenvalue weighted by atomic mass is 32.2. The highest BCUT2D eigenvalue weighted by Gasteiger charge is 2.15. The van der Waals surface area contributed by atoms with Gasteiger partial charge >= 0.3 is 0 Å². The summed E-state index contributed by atoms with van der Waals surface area (Å²) in [5.74, 6) is 0.699. The van der Waals surface area contributed by atoms with Crippen LogP contribution in [0.1, 0.15) is 32.6 Å². The number of rotatable bonds is 5. The first kappa shape index (κ1) is 17.6. The summed E-state index contributed by atoms with van der Waals surface area (Å²) in [6.07, 6.45) is 0. The Morgan fingerprint density at radius 3 is 2.44 bits per heavy atom. The van der Waals surface area contributed by atoms with Crippen molar-refractivity contribution in [3.05, 3.63) is 70.3 Å². The van der Waals surface area contributed by atoms with Gasteiger partial charge in [-0.15, -0.1) is 10.2 Å². The van der Waals surface area contributed by atoms with Gasteiger partial charge in [0.1, 0.15) is 0 Å². The third kappa shape index (κ3) is 4.46. The molecule has 128 valence electrons. The molecule has 1 heterocycles. The lowest BCUT2D eigenvalue weighted by Gasteiger charge is -2.10. The molecule has 3 aromatic rings. The number of hydrogen-bond donors (Lipinski definition) is 1. The van der Waals surface area contributed by atoms with Crippen LogP contribution in [-0.4, -0.2) is 16.1 Å². The molecule has 0 bridgehead atoms. The predicted molar refractivity (Wildman–Crippen MR) is 105 cm³/mol. The van der Waals surface area contributed by atoms with E-state index < -0.39 is 0 Å². The van der Waals surface area contributed by atoms with E-state index in [1.165, 1.54) is 16.9 Å². The van der Waals surface area contributed by atoms with E-state index in [1.807, 2.05) is 51.1 Å². The number of aromatic nitrogens is 2. The van der Waals surface area contributed by atoms with Crippen LogP contribution >= 0.6 is 23.1 Å². The number of thioether (sulfide) groups is 1. The SMILES string of the molecule is Cc1cc(C)c(C(=O)Nc2nnc(SCc3ccccc3)s2)c(C)c1. The van der Waals surface area contributed by atoms with Crippen molar-refractivity contribution >= 4 is 34.1 Å². The van der Waals surface area contributed by atoms with Crippen molar-refractivity contribution in [2.24, 2.45) is 0 Å². The molecule has 0 saturated carbocycles. The van der Waals surface area contributed by atoms with E-state index in [4.69, 9.17) is 0 Å². The summed E-state index contributed by atoms with van der Waals surface area (Å²) < 4.78 is 0.844. The van der Waals surface area contributed by atoms with Crippen LogP contribution < -0.4 is 5.32 Å². The molecule has 3 rings (SSSR count). The lowest BCUT2D eigenvalue weighted by molar-refractivity contribution is 0.102. The van der Waals surface area contributed by atoms with Gasteiger partial charge in [0.25, 0.3) is 5.91 Å². The third-order valence-electron chi connectivity index (χ3n) is 3.74. The monoisotopic (exact) mass is 369 g/mol. The van der Waals surface area contributed by atoms with E-state index in [2.05, 4.69) is 27.6 Å². The maximum Gasteiger partial charge on any atom is 0.258 e. The van der Waals surface area contributed by atoms with Crippen LogP contribution in [0.2, 0.25) is 0 Å². The fourth-order valence-corrected chi connectivity index (χ4v) is 4.44. The average Bonchev–Trinajstić information content (AvgIpc) is 3.00. The number of anilines is 1. The first-order valence-electron chi connectivity index (χ1n) is 7.92. The molecule has 4 nitrogen and oxygen atoms in total. The van der Waals surface area contributed by atoms with Crippen LogP contribution in [0, 0.1) is 20.8 Å². The van der Waals surface area contributed by atoms with Crippen molar-refractivity contribution in [3.8, 4) is 0 Å². The number of amides is 1. The molecule has 0 radical (unpaired) electrons. The first-order chi connectivity index (χ1) is 12.0. The second kappa shape index (κ2) is 7.80. The molecule has 0 atom stereocenters. The van der Waals surface area contributed by atoms with Gasteiger partial charge in [-0.05, 0) is 37.5 Å². The number of aryl methyl sites for hydroxylation is 3. The van der Waals surface area contributed by atoms with E-state index >= 15 is 0 Å². The summed E-state index contributed by atoms with van der Waals surface area (Å²) in [4.78, 5) is 12.6. The third-order valence-corrected chi connectivity index (χ3v) is 5.78. The Morgan fingerprint density at radius 2 is 1.76 bits per heavy atom. The minimum absolute atomic E-state index is 0.134. The number of carbonyl (C=O) groups is 1. The highest BCUT2D eigenvalue weighted by Crippen LogP contribution is 2.29. The summed E-state index contributed by atoms with van der Waals surface area (Å²) in [5.41, 5.74) is 5.04. The molecule has 0 aliphatic rings. The van der Waals surface area contributed by atoms with Gasteiger partial charge in [-0.1, -0.05) is 71.1 Å². The minimum Gasteiger partial charge on any atom is -0.296 e. The van der Waals surface area contributed by atoms with Gasteiger partial charge in [0.2, 0.25) is 5.13 Å². The van der Waals surface area contributed by atoms with Crippen LogP contribution in [0.25, 0.3) is 0 Å². The molecule has 2 aromatic carbocycles. The second-order valence-electron chi connectivity index (χ2n) is 5.88. The van der Waals surface area contributed by atoms with E-state index in [9.17, 15) is 4.79 Å². The number of carbonyl (C=O) groups excluding carboxylic acids is 1. The molecule has 1 N–H and O–H groups in total. The lowest BCUT2D eigenvalue weighted by atomic mass is 9.99. The molecule has 6 heteroatoms. The van der Waals surface area contributed by atoms with Gasteiger partial charge in [0, 0.05) is 11.3 Å². The molecule has 1 aromatic heterocycles. The van der Waals surface area contributed by atoms with E-state index in [0.717, 1.165) is 26.8 Å². The molecular formula is C19H19N3OS2. The van der Waals surface area contributed by atoms with Crippen LogP contribution in [0.5, 0.6) is 0 Å². The van der Waals surface area contributed by atoms with Gasteiger partial charge in [0.15, 0.2) is 4.34 Å². The van der Waals surface area contributed by atoms with Gasteiger partial charge < -0.3 is 0 Å². The molecule has 0 spiro atoms. The topological polar surface area (TPSA) is 54.9 Å². The summed E-state index contributed by atoms with van der Waals surface area (Å²) in [6.45, 7) is 5.94. The van der Waals surface area contributed by atoms with Crippen molar-refractivity contribution in [3.63, 3.8) is 0 Å². The Bertz CT molecular complexity index is 868. The largest absolute Gasteiger partial charge is 0.296 e. The lowest BCUT2D eigenvalue weighted by Crippen LogP contribution is -2.15. The molecule has 0 aliphatic carbocycles. The highest BCUT2D eigenvalue weighted by molar-refractivity contribution is 8.00. The second-order valence-corrected chi connectivity index (χ2v) is 8.08. The predicted octanol–water partition coefficient (Wildman–Crippen LogP) is 5.01. The summed E-state index contributed by atoms with van der Waals surface area (Å²) >= 11 is 3.02. The van der Waals surface area contributed by atoms with Gasteiger partial charge in [-0.2, -0.15) is 0 Å². The summed E-state index contributed by atoms with van der Waals surface area (Å²) in [6, 6.07) is 14.2. The number of benzene rings is 2. The van der Waals surface area contributed by atoms with Gasteiger partial charge in [0.05, 0.1) is 0 Å². The van der Waals surface area contributed by atoms with Crippen LogP contribution in [0.3, 0.4) is 0 Å². The Morgan fingerprint density at radius 1 is 1.08 bits per heavy atom. The zero-order valence-corrected chi connectivity index (χ0v) is 16.0. The van der Waals surface area contributed by atoms with E-state index in [-0.39, 0.29) is 5.91 Å². The standard InChI is InChI=1S/C19H19N3OS2/c1-12-9-13(2)16(14(3)10-12)17(23)20-18-21-22-19(25-18)24-11-15-7-5-4-6-8-15/h4-10H,11H2,1-3H3,(H,20,21,23). The number of hydrogen-bond acceptors (Lipinski definition) is 5. The average molecular weight is 370 g/mol. The maximum absolute atomic E-state index is 12.6. The van der Waals surface area contributed by atoms with Crippen molar-refractivity contribution in [2.75, 3.05) is 5.32 Å². The molecule has 0 fully saturated rings. The Labute approximate surface area is 155 Å². The van der Waals surface area contributed by atoms with Crippen molar-refractivity contribution < 1.29 is 4.79 Å². The molecular weight excluding hydrogens is 350 g/mol. The Kier molecular flexibility index (Phi) is 5.50. The zero-order valence-electron chi connectivity index (χ0n) is 14.4. The van der Waals surface area contributed by atoms with Crippen LogP contribution in [-0.2, 0) is 5.75 Å². The fourth-order valence-electron chi connectivity index (χ4n) is 2.74. The quantitative estimate of drug-likeness (QED) is 0.507. The van der Waals surface area contributed by atoms with Crippen molar-refractivity contribution in [1.82, 2.24) is 10.2 Å². The van der Waals surface area contributed by atoms with Crippen molar-refractivity contribution in [2.45, 2.75) is 30.9 Å². The maximum atomic E-state index is 12.6. The normalized spacial score (nSPS) is 10.7. The molecule has 0 unspecified atom stereocenters. The smallest absolute Gasteiger partial charge is 0.258 e. The first-order valence-corrected chi connectivity index (χ1v) is 9.72. The van der Waals surface area contributed by atoms with Crippen LogP contribution in [0.15, 0.2) is 46.8 Å². The Hall–Kier alpha value is -2.18. The zero-order chi connectivity index (χ0) is 17.8. The Balaban J connectivity index is 1.66. The minimum atomic E-state index is -0.134. The number of nitrogens with zero attached hydrogens (tertiary/aromatic N) is 2. The van der Waals surface area contributed by atoms with E-state index in [0.29, 0.717) is 10.7 Å². The van der Waals surface area contributed by atoms with Gasteiger partial charge in [-0.25, -0.2) is 0 Å². The molecule has 1 amide bonds. The fraction of sp³-hybridized carbons (Fsp3) is 0.211. The summed E-state index contributed by atoms with van der Waals surface area (Å²) in [7, 11) is 0. The molecule has 25 heavy (non-hydrogen) atoms.